The standard InChI is InChI=1S/C15H12BrN5O3S/c16-11-5-6-19-14(7-11)20-9-10(8-17)15(22)21-12-1-3-13(4-2-12)25(18,23)24/h1-7,9H,(H,19,20)(H,21,22)(H2,18,23,24)/b10-9-. The van der Waals surface area contributed by atoms with Crippen LogP contribution in [0.1, 0.15) is 0 Å². The number of primary sulfonamides is 1. The number of nitrogens with one attached hydrogen (secondary N) is 2. The fourth-order valence-electron chi connectivity index (χ4n) is 1.70. The zero-order valence-electron chi connectivity index (χ0n) is 12.6. The van der Waals surface area contributed by atoms with E-state index in [2.05, 4.69) is 31.5 Å². The number of benzene rings is 1. The summed E-state index contributed by atoms with van der Waals surface area (Å²) in [7, 11) is -3.81. The molecule has 0 aliphatic rings. The number of nitrogens with zero attached hydrogens (tertiary/aromatic N) is 2. The van der Waals surface area contributed by atoms with E-state index in [0.717, 1.165) is 4.47 Å². The van der Waals surface area contributed by atoms with Crippen LogP contribution in [0.4, 0.5) is 11.5 Å². The summed E-state index contributed by atoms with van der Waals surface area (Å²) < 4.78 is 23.2. The van der Waals surface area contributed by atoms with Crippen molar-refractivity contribution in [2.75, 3.05) is 10.6 Å². The fourth-order valence-corrected chi connectivity index (χ4v) is 2.56. The summed E-state index contributed by atoms with van der Waals surface area (Å²) in [6.45, 7) is 0. The lowest BCUT2D eigenvalue weighted by atomic mass is 10.2. The van der Waals surface area contributed by atoms with Crippen LogP contribution in [-0.4, -0.2) is 19.3 Å². The van der Waals surface area contributed by atoms with Crippen LogP contribution in [0.5, 0.6) is 0 Å². The molecule has 1 heterocycles. The van der Waals surface area contributed by atoms with Gasteiger partial charge in [-0.05, 0) is 36.4 Å². The van der Waals surface area contributed by atoms with Gasteiger partial charge in [0.25, 0.3) is 5.91 Å². The highest BCUT2D eigenvalue weighted by atomic mass is 79.9. The number of carbonyl (C=O) groups excluding carboxylic acids is 1. The van der Waals surface area contributed by atoms with Gasteiger partial charge < -0.3 is 10.6 Å². The predicted octanol–water partition coefficient (Wildman–Crippen LogP) is 1.95. The van der Waals surface area contributed by atoms with Crippen molar-refractivity contribution in [3.8, 4) is 6.07 Å². The molecule has 0 saturated heterocycles. The molecule has 1 aromatic heterocycles. The first-order valence-corrected chi connectivity index (χ1v) is 9.06. The average molecular weight is 422 g/mol. The van der Waals surface area contributed by atoms with Gasteiger partial charge in [0.2, 0.25) is 10.0 Å². The van der Waals surface area contributed by atoms with E-state index < -0.39 is 15.9 Å². The van der Waals surface area contributed by atoms with Crippen molar-refractivity contribution < 1.29 is 13.2 Å². The van der Waals surface area contributed by atoms with Gasteiger partial charge in [-0.2, -0.15) is 5.26 Å². The van der Waals surface area contributed by atoms with Crippen LogP contribution in [0, 0.1) is 11.3 Å². The Kier molecular flexibility index (Phi) is 5.87. The maximum Gasteiger partial charge on any atom is 0.267 e. The summed E-state index contributed by atoms with van der Waals surface area (Å²) in [5.74, 6) is -0.208. The Labute approximate surface area is 152 Å². The molecule has 2 aromatic rings. The largest absolute Gasteiger partial charge is 0.345 e. The molecule has 0 radical (unpaired) electrons. The molecule has 8 nitrogen and oxygen atoms in total. The third-order valence-electron chi connectivity index (χ3n) is 2.89. The first kappa shape index (κ1) is 18.6. The zero-order chi connectivity index (χ0) is 18.4. The number of anilines is 2. The van der Waals surface area contributed by atoms with Gasteiger partial charge in [0.1, 0.15) is 17.5 Å². The number of sulfonamides is 1. The van der Waals surface area contributed by atoms with Gasteiger partial charge in [0.05, 0.1) is 4.90 Å². The zero-order valence-corrected chi connectivity index (χ0v) is 15.0. The van der Waals surface area contributed by atoms with Crippen molar-refractivity contribution in [1.82, 2.24) is 4.98 Å². The molecule has 25 heavy (non-hydrogen) atoms. The minimum Gasteiger partial charge on any atom is -0.345 e. The van der Waals surface area contributed by atoms with Crippen molar-refractivity contribution in [1.29, 1.82) is 5.26 Å². The maximum atomic E-state index is 12.1. The number of amides is 1. The smallest absolute Gasteiger partial charge is 0.267 e. The van der Waals surface area contributed by atoms with Gasteiger partial charge in [-0.25, -0.2) is 18.5 Å². The summed E-state index contributed by atoms with van der Waals surface area (Å²) in [5, 5.41) is 19.3. The second-order valence-electron chi connectivity index (χ2n) is 4.70. The number of carbonyl (C=O) groups is 1. The SMILES string of the molecule is N#C/C(=C/Nc1cc(Br)ccn1)C(=O)Nc1ccc(S(N)(=O)=O)cc1. The molecule has 0 fully saturated rings. The lowest BCUT2D eigenvalue weighted by molar-refractivity contribution is -0.112. The molecule has 1 aromatic carbocycles. The summed E-state index contributed by atoms with van der Waals surface area (Å²) in [5.41, 5.74) is 0.136. The molecule has 0 aliphatic heterocycles. The monoisotopic (exact) mass is 421 g/mol. The van der Waals surface area contributed by atoms with Gasteiger partial charge in [-0.15, -0.1) is 0 Å². The number of hydrogen-bond acceptors (Lipinski definition) is 6. The number of pyridine rings is 1. The highest BCUT2D eigenvalue weighted by molar-refractivity contribution is 9.10. The molecular weight excluding hydrogens is 410 g/mol. The van der Waals surface area contributed by atoms with Crippen LogP contribution in [0.15, 0.2) is 63.7 Å². The van der Waals surface area contributed by atoms with Gasteiger partial charge in [-0.1, -0.05) is 15.9 Å². The predicted molar refractivity (Wildman–Crippen MR) is 95.7 cm³/mol. The van der Waals surface area contributed by atoms with Crippen molar-refractivity contribution in [2.45, 2.75) is 4.90 Å². The van der Waals surface area contributed by atoms with Crippen LogP contribution in [-0.2, 0) is 14.8 Å². The summed E-state index contributed by atoms with van der Waals surface area (Å²) in [6.07, 6.45) is 2.78. The van der Waals surface area contributed by atoms with Gasteiger partial charge in [0.15, 0.2) is 0 Å². The van der Waals surface area contributed by atoms with Gasteiger partial charge in [-0.3, -0.25) is 4.79 Å². The van der Waals surface area contributed by atoms with Crippen LogP contribution in [0.25, 0.3) is 0 Å². The Morgan fingerprint density at radius 1 is 1.28 bits per heavy atom. The number of aromatic nitrogens is 1. The van der Waals surface area contributed by atoms with E-state index in [-0.39, 0.29) is 10.5 Å². The van der Waals surface area contributed by atoms with Crippen molar-refractivity contribution in [3.05, 3.63) is 58.8 Å². The van der Waals surface area contributed by atoms with Crippen molar-refractivity contribution in [3.63, 3.8) is 0 Å². The van der Waals surface area contributed by atoms with E-state index in [1.165, 1.54) is 30.5 Å². The third-order valence-corrected chi connectivity index (χ3v) is 4.31. The van der Waals surface area contributed by atoms with E-state index in [0.29, 0.717) is 11.5 Å². The lowest BCUT2D eigenvalue weighted by Gasteiger charge is -2.06. The van der Waals surface area contributed by atoms with E-state index in [4.69, 9.17) is 10.4 Å². The van der Waals surface area contributed by atoms with Crippen molar-refractivity contribution >= 4 is 43.4 Å². The number of rotatable bonds is 5. The summed E-state index contributed by atoms with van der Waals surface area (Å²) in [4.78, 5) is 16.0. The molecule has 4 N–H and O–H groups in total. The molecule has 0 aliphatic carbocycles. The minimum absolute atomic E-state index is 0.0797. The van der Waals surface area contributed by atoms with E-state index in [1.54, 1.807) is 24.4 Å². The molecule has 1 amide bonds. The average Bonchev–Trinajstić information content (AvgIpc) is 2.55. The van der Waals surface area contributed by atoms with Crippen LogP contribution >= 0.6 is 15.9 Å². The Bertz CT molecular complexity index is 965. The van der Waals surface area contributed by atoms with Crippen LogP contribution in [0.3, 0.4) is 0 Å². The van der Waals surface area contributed by atoms with Crippen LogP contribution in [0.2, 0.25) is 0 Å². The molecule has 10 heteroatoms. The number of nitrogens with two attached hydrogens (primary N) is 1. The summed E-state index contributed by atoms with van der Waals surface area (Å²) in [6, 6.07) is 10.4. The molecule has 0 bridgehead atoms. The maximum absolute atomic E-state index is 12.1. The highest BCUT2D eigenvalue weighted by Crippen LogP contribution is 2.15. The normalized spacial score (nSPS) is 11.5. The minimum atomic E-state index is -3.81. The molecule has 0 atom stereocenters. The first-order valence-electron chi connectivity index (χ1n) is 6.72. The number of halogens is 1. The molecule has 0 spiro atoms. The molecule has 0 saturated carbocycles. The highest BCUT2D eigenvalue weighted by Gasteiger charge is 2.11. The first-order chi connectivity index (χ1) is 11.8. The third kappa shape index (κ3) is 5.39. The van der Waals surface area contributed by atoms with Gasteiger partial charge >= 0.3 is 0 Å². The van der Waals surface area contributed by atoms with Gasteiger partial charge in [0, 0.05) is 22.6 Å². The molecule has 2 rings (SSSR count). The Balaban J connectivity index is 2.09. The second-order valence-corrected chi connectivity index (χ2v) is 7.17. The number of hydrogen-bond donors (Lipinski definition) is 3. The van der Waals surface area contributed by atoms with E-state index >= 15 is 0 Å². The number of nitriles is 1. The summed E-state index contributed by atoms with van der Waals surface area (Å²) >= 11 is 3.28. The van der Waals surface area contributed by atoms with Crippen LogP contribution < -0.4 is 15.8 Å². The Morgan fingerprint density at radius 3 is 2.52 bits per heavy atom. The topological polar surface area (TPSA) is 138 Å². The quantitative estimate of drug-likeness (QED) is 0.497. The Hall–Kier alpha value is -2.74. The van der Waals surface area contributed by atoms with E-state index in [1.807, 2.05) is 0 Å². The fraction of sp³-hybridized carbons (Fsp3) is 0. The molecule has 128 valence electrons. The van der Waals surface area contributed by atoms with E-state index in [9.17, 15) is 13.2 Å². The molecule has 0 unspecified atom stereocenters. The van der Waals surface area contributed by atoms with Crippen molar-refractivity contribution in [2.24, 2.45) is 5.14 Å². The Morgan fingerprint density at radius 2 is 1.96 bits per heavy atom. The lowest BCUT2D eigenvalue weighted by Crippen LogP contribution is -2.15. The second kappa shape index (κ2) is 7.89. The molecular formula is C15H12BrN5O3S.